The molecule has 0 saturated carbocycles. The largest absolute Gasteiger partial charge is 0.396 e. The van der Waals surface area contributed by atoms with Gasteiger partial charge in [-0.15, -0.1) is 0 Å². The Labute approximate surface area is 102 Å². The fourth-order valence-corrected chi connectivity index (χ4v) is 2.23. The van der Waals surface area contributed by atoms with Gasteiger partial charge in [0.1, 0.15) is 0 Å². The number of hydrogen-bond acceptors (Lipinski definition) is 3. The molecule has 1 aromatic carbocycles. The average Bonchev–Trinajstić information content (AvgIpc) is 2.36. The van der Waals surface area contributed by atoms with Gasteiger partial charge < -0.3 is 10.6 Å². The number of halogens is 1. The predicted molar refractivity (Wildman–Crippen MR) is 68.2 cm³/mol. The topological polar surface area (TPSA) is 32.5 Å². The second-order valence-electron chi connectivity index (χ2n) is 4.53. The highest BCUT2D eigenvalue weighted by molar-refractivity contribution is 5.42. The van der Waals surface area contributed by atoms with E-state index in [0.29, 0.717) is 12.1 Å². The highest BCUT2D eigenvalue weighted by atomic mass is 19.1. The Kier molecular flexibility index (Phi) is 3.97. The monoisotopic (exact) mass is 237 g/mol. The van der Waals surface area contributed by atoms with Crippen LogP contribution in [0, 0.1) is 5.82 Å². The smallest absolute Gasteiger partial charge is 0.150 e. The normalized spacial score (nSPS) is 18.5. The van der Waals surface area contributed by atoms with Crippen LogP contribution >= 0.6 is 0 Å². The van der Waals surface area contributed by atoms with Crippen molar-refractivity contribution in [3.05, 3.63) is 29.6 Å². The van der Waals surface area contributed by atoms with Crippen molar-refractivity contribution in [2.75, 3.05) is 38.5 Å². The summed E-state index contributed by atoms with van der Waals surface area (Å²) in [6.45, 7) is 8.08. The number of nitrogens with zero attached hydrogens (tertiary/aromatic N) is 2. The molecule has 0 bridgehead atoms. The van der Waals surface area contributed by atoms with Crippen LogP contribution in [-0.2, 0) is 6.54 Å². The lowest BCUT2D eigenvalue weighted by Crippen LogP contribution is -2.45. The number of nitrogens with two attached hydrogens (primary N) is 1. The number of anilines is 1. The maximum Gasteiger partial charge on any atom is 0.150 e. The molecule has 0 spiro atoms. The molecule has 17 heavy (non-hydrogen) atoms. The molecule has 0 aliphatic carbocycles. The molecule has 0 radical (unpaired) electrons. The van der Waals surface area contributed by atoms with E-state index in [4.69, 9.17) is 5.73 Å². The lowest BCUT2D eigenvalue weighted by atomic mass is 10.1. The molecule has 2 rings (SSSR count). The Bertz CT molecular complexity index is 373. The Morgan fingerprint density at radius 3 is 2.47 bits per heavy atom. The molecule has 1 aliphatic heterocycles. The molecule has 1 aromatic rings. The third-order valence-corrected chi connectivity index (χ3v) is 3.41. The molecule has 94 valence electrons. The van der Waals surface area contributed by atoms with E-state index < -0.39 is 0 Å². The van der Waals surface area contributed by atoms with E-state index in [1.807, 2.05) is 12.1 Å². The van der Waals surface area contributed by atoms with E-state index in [1.54, 1.807) is 6.07 Å². The molecule has 4 heteroatoms. The molecule has 3 nitrogen and oxygen atoms in total. The van der Waals surface area contributed by atoms with Crippen molar-refractivity contribution < 1.29 is 4.39 Å². The third-order valence-electron chi connectivity index (χ3n) is 3.41. The number of rotatable bonds is 3. The third kappa shape index (κ3) is 2.96. The van der Waals surface area contributed by atoms with Gasteiger partial charge in [-0.1, -0.05) is 19.1 Å². The van der Waals surface area contributed by atoms with Crippen molar-refractivity contribution >= 4 is 5.69 Å². The second-order valence-corrected chi connectivity index (χ2v) is 4.53. The van der Waals surface area contributed by atoms with Gasteiger partial charge in [0.25, 0.3) is 0 Å². The van der Waals surface area contributed by atoms with E-state index in [2.05, 4.69) is 16.7 Å². The molecule has 0 unspecified atom stereocenters. The van der Waals surface area contributed by atoms with Crippen molar-refractivity contribution in [1.82, 2.24) is 9.80 Å². The van der Waals surface area contributed by atoms with Crippen LogP contribution in [0.1, 0.15) is 12.5 Å². The standard InChI is InChI=1S/C13H20FN3/c1-2-16-6-8-17(9-7-16)10-11-4-3-5-12(15)13(11)14/h3-5H,2,6-10,15H2,1H3. The van der Waals surface area contributed by atoms with Crippen molar-refractivity contribution in [2.24, 2.45) is 0 Å². The summed E-state index contributed by atoms with van der Waals surface area (Å²) in [5, 5.41) is 0. The quantitative estimate of drug-likeness (QED) is 0.810. The molecular weight excluding hydrogens is 217 g/mol. The minimum atomic E-state index is -0.259. The first-order valence-corrected chi connectivity index (χ1v) is 6.18. The van der Waals surface area contributed by atoms with Crippen molar-refractivity contribution in [3.8, 4) is 0 Å². The first-order chi connectivity index (χ1) is 8.20. The Morgan fingerprint density at radius 2 is 1.82 bits per heavy atom. The fraction of sp³-hybridized carbons (Fsp3) is 0.538. The van der Waals surface area contributed by atoms with Crippen LogP contribution in [0.5, 0.6) is 0 Å². The summed E-state index contributed by atoms with van der Waals surface area (Å²) in [5.74, 6) is -0.259. The second kappa shape index (κ2) is 5.47. The predicted octanol–water partition coefficient (Wildman–Crippen LogP) is 1.55. The van der Waals surface area contributed by atoms with Gasteiger partial charge in [-0.25, -0.2) is 4.39 Å². The van der Waals surface area contributed by atoms with Gasteiger partial charge in [-0.3, -0.25) is 4.90 Å². The van der Waals surface area contributed by atoms with E-state index in [9.17, 15) is 4.39 Å². The van der Waals surface area contributed by atoms with Crippen LogP contribution < -0.4 is 5.73 Å². The van der Waals surface area contributed by atoms with Crippen molar-refractivity contribution in [2.45, 2.75) is 13.5 Å². The maximum atomic E-state index is 13.7. The maximum absolute atomic E-state index is 13.7. The number of nitrogen functional groups attached to an aromatic ring is 1. The first-order valence-electron chi connectivity index (χ1n) is 6.18. The fourth-order valence-electron chi connectivity index (χ4n) is 2.23. The molecule has 0 amide bonds. The van der Waals surface area contributed by atoms with E-state index >= 15 is 0 Å². The van der Waals surface area contributed by atoms with Gasteiger partial charge in [-0.2, -0.15) is 0 Å². The first kappa shape index (κ1) is 12.3. The summed E-state index contributed by atoms with van der Waals surface area (Å²) < 4.78 is 13.7. The van der Waals surface area contributed by atoms with Gasteiger partial charge in [0.15, 0.2) is 5.82 Å². The highest BCUT2D eigenvalue weighted by Gasteiger charge is 2.17. The molecule has 1 fully saturated rings. The molecule has 1 aliphatic rings. The van der Waals surface area contributed by atoms with Gasteiger partial charge in [0.2, 0.25) is 0 Å². The van der Waals surface area contributed by atoms with E-state index in [0.717, 1.165) is 32.7 Å². The molecular formula is C13H20FN3. The molecule has 0 aromatic heterocycles. The molecule has 1 saturated heterocycles. The van der Waals surface area contributed by atoms with Crippen LogP contribution in [0.3, 0.4) is 0 Å². The zero-order valence-electron chi connectivity index (χ0n) is 10.3. The van der Waals surface area contributed by atoms with Crippen molar-refractivity contribution in [1.29, 1.82) is 0 Å². The molecule has 0 atom stereocenters. The minimum Gasteiger partial charge on any atom is -0.396 e. The summed E-state index contributed by atoms with van der Waals surface area (Å²) in [7, 11) is 0. The molecule has 2 N–H and O–H groups in total. The Morgan fingerprint density at radius 1 is 1.18 bits per heavy atom. The Hall–Kier alpha value is -1.13. The summed E-state index contributed by atoms with van der Waals surface area (Å²) in [5.41, 5.74) is 6.52. The number of piperazine rings is 1. The average molecular weight is 237 g/mol. The molecule has 1 heterocycles. The number of benzene rings is 1. The van der Waals surface area contributed by atoms with Crippen molar-refractivity contribution in [3.63, 3.8) is 0 Å². The lowest BCUT2D eigenvalue weighted by molar-refractivity contribution is 0.131. The summed E-state index contributed by atoms with van der Waals surface area (Å²) >= 11 is 0. The van der Waals surface area contributed by atoms with E-state index in [-0.39, 0.29) is 11.5 Å². The number of likely N-dealkylation sites (N-methyl/N-ethyl adjacent to an activating group) is 1. The zero-order valence-corrected chi connectivity index (χ0v) is 10.3. The van der Waals surface area contributed by atoms with Gasteiger partial charge >= 0.3 is 0 Å². The van der Waals surface area contributed by atoms with Gasteiger partial charge in [0, 0.05) is 38.3 Å². The van der Waals surface area contributed by atoms with Gasteiger partial charge in [0.05, 0.1) is 5.69 Å². The summed E-state index contributed by atoms with van der Waals surface area (Å²) in [6.07, 6.45) is 0. The van der Waals surface area contributed by atoms with Crippen LogP contribution in [0.15, 0.2) is 18.2 Å². The highest BCUT2D eigenvalue weighted by Crippen LogP contribution is 2.17. The van der Waals surface area contributed by atoms with Gasteiger partial charge in [-0.05, 0) is 12.6 Å². The van der Waals surface area contributed by atoms with Crippen LogP contribution in [0.25, 0.3) is 0 Å². The van der Waals surface area contributed by atoms with Crippen LogP contribution in [-0.4, -0.2) is 42.5 Å². The SMILES string of the molecule is CCN1CCN(Cc2cccc(N)c2F)CC1. The lowest BCUT2D eigenvalue weighted by Gasteiger charge is -2.34. The minimum absolute atomic E-state index is 0.245. The summed E-state index contributed by atoms with van der Waals surface area (Å²) in [6, 6.07) is 5.24. The Balaban J connectivity index is 1.95. The zero-order chi connectivity index (χ0) is 12.3. The summed E-state index contributed by atoms with van der Waals surface area (Å²) in [4.78, 5) is 4.69. The van der Waals surface area contributed by atoms with Crippen LogP contribution in [0.2, 0.25) is 0 Å². The van der Waals surface area contributed by atoms with E-state index in [1.165, 1.54) is 0 Å². The number of hydrogen-bond donors (Lipinski definition) is 1. The van der Waals surface area contributed by atoms with Crippen LogP contribution in [0.4, 0.5) is 10.1 Å².